The van der Waals surface area contributed by atoms with Gasteiger partial charge in [-0.05, 0) is 32.0 Å². The number of esters is 1. The number of ether oxygens (including phenoxy) is 1. The summed E-state index contributed by atoms with van der Waals surface area (Å²) in [5.41, 5.74) is 1.49. The highest BCUT2D eigenvalue weighted by atomic mass is 16.5. The van der Waals surface area contributed by atoms with Crippen LogP contribution in [-0.4, -0.2) is 31.7 Å². The number of nitriles is 1. The second kappa shape index (κ2) is 7.04. The minimum Gasteiger partial charge on any atom is -0.465 e. The largest absolute Gasteiger partial charge is 0.465 e. The molecule has 0 heterocycles. The predicted molar refractivity (Wildman–Crippen MR) is 75.2 cm³/mol. The van der Waals surface area contributed by atoms with E-state index in [1.807, 2.05) is 6.07 Å². The molecule has 6 heteroatoms. The Morgan fingerprint density at radius 1 is 1.55 bits per heavy atom. The van der Waals surface area contributed by atoms with Gasteiger partial charge >= 0.3 is 5.97 Å². The minimum absolute atomic E-state index is 0.263. The van der Waals surface area contributed by atoms with Gasteiger partial charge in [-0.3, -0.25) is 4.79 Å². The van der Waals surface area contributed by atoms with Gasteiger partial charge in [0.05, 0.1) is 24.0 Å². The van der Waals surface area contributed by atoms with Gasteiger partial charge in [-0.25, -0.2) is 9.79 Å². The van der Waals surface area contributed by atoms with Crippen LogP contribution in [0.25, 0.3) is 0 Å². The maximum Gasteiger partial charge on any atom is 0.337 e. The number of carbonyl (C=O) groups is 2. The molecule has 0 N–H and O–H groups in total. The van der Waals surface area contributed by atoms with Gasteiger partial charge in [-0.2, -0.15) is 5.26 Å². The van der Waals surface area contributed by atoms with E-state index in [-0.39, 0.29) is 5.71 Å². The van der Waals surface area contributed by atoms with Crippen molar-refractivity contribution in [2.75, 3.05) is 18.6 Å². The number of aliphatic imine (C=N–C) groups is 1. The molecule has 0 saturated carbocycles. The summed E-state index contributed by atoms with van der Waals surface area (Å²) in [7, 11) is 1.28. The van der Waals surface area contributed by atoms with Crippen LogP contribution in [0.3, 0.4) is 0 Å². The van der Waals surface area contributed by atoms with Gasteiger partial charge in [0, 0.05) is 6.54 Å². The van der Waals surface area contributed by atoms with Crippen LogP contribution < -0.4 is 4.90 Å². The standard InChI is InChI=1S/C14H15N3O3/c1-4-17(9-18)13-7-11(14(19)20-3)5-6-12(13)16-10(2)8-15/h5-7,9H,4H2,1-3H3. The zero-order valence-corrected chi connectivity index (χ0v) is 11.6. The van der Waals surface area contributed by atoms with Gasteiger partial charge in [-0.1, -0.05) is 0 Å². The lowest BCUT2D eigenvalue weighted by molar-refractivity contribution is -0.107. The van der Waals surface area contributed by atoms with E-state index in [0.717, 1.165) is 0 Å². The maximum atomic E-state index is 11.5. The number of benzene rings is 1. The predicted octanol–water partition coefficient (Wildman–Crippen LogP) is 2.07. The highest BCUT2D eigenvalue weighted by molar-refractivity contribution is 6.00. The van der Waals surface area contributed by atoms with E-state index in [2.05, 4.69) is 9.73 Å². The van der Waals surface area contributed by atoms with Gasteiger partial charge in [0.25, 0.3) is 0 Å². The van der Waals surface area contributed by atoms with E-state index in [0.29, 0.717) is 29.9 Å². The summed E-state index contributed by atoms with van der Waals surface area (Å²) >= 11 is 0. The summed E-state index contributed by atoms with van der Waals surface area (Å²) < 4.78 is 4.65. The van der Waals surface area contributed by atoms with E-state index < -0.39 is 5.97 Å². The molecule has 1 amide bonds. The Labute approximate surface area is 117 Å². The fourth-order valence-electron chi connectivity index (χ4n) is 1.60. The van der Waals surface area contributed by atoms with Crippen molar-refractivity contribution in [2.45, 2.75) is 13.8 Å². The lowest BCUT2D eigenvalue weighted by Crippen LogP contribution is -2.20. The zero-order chi connectivity index (χ0) is 15.1. The van der Waals surface area contributed by atoms with E-state index >= 15 is 0 Å². The molecule has 0 radical (unpaired) electrons. The number of methoxy groups -OCH3 is 1. The third-order valence-corrected chi connectivity index (χ3v) is 2.62. The molecule has 1 aromatic carbocycles. The summed E-state index contributed by atoms with van der Waals surface area (Å²) in [5, 5.41) is 8.78. The number of amides is 1. The maximum absolute atomic E-state index is 11.5. The molecule has 1 aromatic rings. The number of nitrogens with zero attached hydrogens (tertiary/aromatic N) is 3. The third kappa shape index (κ3) is 3.42. The molecule has 0 saturated heterocycles. The topological polar surface area (TPSA) is 82.8 Å². The number of carbonyl (C=O) groups excluding carboxylic acids is 2. The Hall–Kier alpha value is -2.68. The van der Waals surface area contributed by atoms with Crippen molar-refractivity contribution in [1.82, 2.24) is 0 Å². The lowest BCUT2D eigenvalue weighted by atomic mass is 10.1. The first-order valence-electron chi connectivity index (χ1n) is 5.97. The van der Waals surface area contributed by atoms with Gasteiger partial charge in [0.15, 0.2) is 0 Å². The zero-order valence-electron chi connectivity index (χ0n) is 11.6. The first kappa shape index (κ1) is 15.4. The molecule has 0 aliphatic rings. The molecule has 0 aromatic heterocycles. The SMILES string of the molecule is CCN(C=O)c1cc(C(=O)OC)ccc1N=C(C)C#N. The van der Waals surface area contributed by atoms with E-state index in [9.17, 15) is 9.59 Å². The lowest BCUT2D eigenvalue weighted by Gasteiger charge is -2.18. The molecular weight excluding hydrogens is 258 g/mol. The van der Waals surface area contributed by atoms with Crippen molar-refractivity contribution in [3.63, 3.8) is 0 Å². The van der Waals surface area contributed by atoms with Crippen molar-refractivity contribution in [3.8, 4) is 6.07 Å². The first-order chi connectivity index (χ1) is 9.57. The number of rotatable bonds is 5. The van der Waals surface area contributed by atoms with Crippen LogP contribution >= 0.6 is 0 Å². The first-order valence-corrected chi connectivity index (χ1v) is 5.97. The number of hydrogen-bond donors (Lipinski definition) is 0. The molecule has 104 valence electrons. The number of hydrogen-bond acceptors (Lipinski definition) is 5. The average Bonchev–Trinajstić information content (AvgIpc) is 2.48. The molecule has 1 rings (SSSR count). The number of anilines is 1. The monoisotopic (exact) mass is 273 g/mol. The van der Waals surface area contributed by atoms with Crippen LogP contribution in [-0.2, 0) is 9.53 Å². The molecule has 20 heavy (non-hydrogen) atoms. The van der Waals surface area contributed by atoms with Crippen LogP contribution in [0, 0.1) is 11.3 Å². The van der Waals surface area contributed by atoms with Crippen molar-refractivity contribution < 1.29 is 14.3 Å². The summed E-state index contributed by atoms with van der Waals surface area (Å²) in [6.07, 6.45) is 0.650. The highest BCUT2D eigenvalue weighted by Gasteiger charge is 2.14. The second-order valence-electron chi connectivity index (χ2n) is 3.90. The molecule has 0 fully saturated rings. The van der Waals surface area contributed by atoms with Crippen molar-refractivity contribution in [2.24, 2.45) is 4.99 Å². The second-order valence-corrected chi connectivity index (χ2v) is 3.90. The summed E-state index contributed by atoms with van der Waals surface area (Å²) in [4.78, 5) is 28.2. The molecule has 0 atom stereocenters. The van der Waals surface area contributed by atoms with E-state index in [1.165, 1.54) is 24.1 Å². The van der Waals surface area contributed by atoms with Crippen molar-refractivity contribution in [1.29, 1.82) is 5.26 Å². The molecule has 0 spiro atoms. The highest BCUT2D eigenvalue weighted by Crippen LogP contribution is 2.29. The Morgan fingerprint density at radius 2 is 2.25 bits per heavy atom. The molecule has 0 aliphatic carbocycles. The summed E-state index contributed by atoms with van der Waals surface area (Å²) in [6.45, 7) is 3.78. The minimum atomic E-state index is -0.499. The normalized spacial score (nSPS) is 10.6. The fourth-order valence-corrected chi connectivity index (χ4v) is 1.60. The van der Waals surface area contributed by atoms with Gasteiger partial charge in [0.2, 0.25) is 6.41 Å². The fraction of sp³-hybridized carbons (Fsp3) is 0.286. The van der Waals surface area contributed by atoms with Crippen LogP contribution in [0.2, 0.25) is 0 Å². The third-order valence-electron chi connectivity index (χ3n) is 2.62. The van der Waals surface area contributed by atoms with E-state index in [4.69, 9.17) is 5.26 Å². The molecule has 6 nitrogen and oxygen atoms in total. The Morgan fingerprint density at radius 3 is 2.75 bits per heavy atom. The van der Waals surface area contributed by atoms with Gasteiger partial charge in [0.1, 0.15) is 11.8 Å². The Kier molecular flexibility index (Phi) is 5.42. The Bertz CT molecular complexity index is 588. The van der Waals surface area contributed by atoms with Crippen LogP contribution in [0.4, 0.5) is 11.4 Å². The smallest absolute Gasteiger partial charge is 0.337 e. The molecule has 0 unspecified atom stereocenters. The van der Waals surface area contributed by atoms with Crippen molar-refractivity contribution in [3.05, 3.63) is 23.8 Å². The summed E-state index contributed by atoms with van der Waals surface area (Å²) in [5.74, 6) is -0.499. The average molecular weight is 273 g/mol. The molecule has 0 bridgehead atoms. The van der Waals surface area contributed by atoms with E-state index in [1.54, 1.807) is 19.9 Å². The molecular formula is C14H15N3O3. The van der Waals surface area contributed by atoms with Gasteiger partial charge < -0.3 is 9.64 Å². The Balaban J connectivity index is 3.41. The van der Waals surface area contributed by atoms with Crippen molar-refractivity contribution >= 4 is 29.5 Å². The van der Waals surface area contributed by atoms with Crippen LogP contribution in [0.5, 0.6) is 0 Å². The molecule has 0 aliphatic heterocycles. The van der Waals surface area contributed by atoms with Crippen LogP contribution in [0.1, 0.15) is 24.2 Å². The van der Waals surface area contributed by atoms with Crippen LogP contribution in [0.15, 0.2) is 23.2 Å². The summed E-state index contributed by atoms with van der Waals surface area (Å²) in [6, 6.07) is 6.55. The van der Waals surface area contributed by atoms with Gasteiger partial charge in [-0.15, -0.1) is 0 Å². The quantitative estimate of drug-likeness (QED) is 0.467.